The van der Waals surface area contributed by atoms with Gasteiger partial charge in [-0.2, -0.15) is 0 Å². The van der Waals surface area contributed by atoms with Crippen molar-refractivity contribution in [3.63, 3.8) is 0 Å². The van der Waals surface area contributed by atoms with Gasteiger partial charge in [-0.25, -0.2) is 0 Å². The fourth-order valence-electron chi connectivity index (χ4n) is 1.34. The molecule has 1 aromatic carbocycles. The number of benzene rings is 1. The average Bonchev–Trinajstić information content (AvgIpc) is 2.22. The van der Waals surface area contributed by atoms with Crippen LogP contribution in [0.5, 0.6) is 5.75 Å². The molecule has 16 heavy (non-hydrogen) atoms. The second kappa shape index (κ2) is 5.70. The third-order valence-electron chi connectivity index (χ3n) is 2.15. The summed E-state index contributed by atoms with van der Waals surface area (Å²) in [5.74, 6) is -0.270. The van der Waals surface area contributed by atoms with E-state index in [-0.39, 0.29) is 27.9 Å². The Morgan fingerprint density at radius 3 is 2.50 bits per heavy atom. The van der Waals surface area contributed by atoms with Crippen LogP contribution in [0.25, 0.3) is 0 Å². The molecule has 0 radical (unpaired) electrons. The van der Waals surface area contributed by atoms with E-state index in [2.05, 4.69) is 5.32 Å². The zero-order valence-electron chi connectivity index (χ0n) is 8.61. The first-order valence-electron chi connectivity index (χ1n) is 4.66. The molecule has 0 fully saturated rings. The van der Waals surface area contributed by atoms with Gasteiger partial charge < -0.3 is 20.6 Å². The number of rotatable bonds is 4. The SMILES string of the molecule is CNCC(O)C(O)c1cc(Cl)cc(Cl)c1O. The Labute approximate surface area is 103 Å². The standard InChI is InChI=1S/C10H13Cl2NO3/c1-13-4-8(14)10(16)6-2-5(11)3-7(12)9(6)15/h2-3,8,10,13-16H,4H2,1H3. The summed E-state index contributed by atoms with van der Waals surface area (Å²) in [6, 6.07) is 2.73. The molecule has 0 bridgehead atoms. The van der Waals surface area contributed by atoms with Crippen LogP contribution in [0.3, 0.4) is 0 Å². The first kappa shape index (κ1) is 13.5. The predicted octanol–water partition coefficient (Wildman–Crippen LogP) is 1.31. The van der Waals surface area contributed by atoms with E-state index in [0.29, 0.717) is 0 Å². The van der Waals surface area contributed by atoms with Crippen LogP contribution in [0.4, 0.5) is 0 Å². The van der Waals surface area contributed by atoms with Crippen molar-refractivity contribution >= 4 is 23.2 Å². The Hall–Kier alpha value is -0.520. The minimum absolute atomic E-state index is 0.0400. The van der Waals surface area contributed by atoms with Crippen molar-refractivity contribution in [2.75, 3.05) is 13.6 Å². The van der Waals surface area contributed by atoms with Crippen LogP contribution in [0, 0.1) is 0 Å². The van der Waals surface area contributed by atoms with E-state index < -0.39 is 12.2 Å². The lowest BCUT2D eigenvalue weighted by atomic mass is 10.0. The maximum Gasteiger partial charge on any atom is 0.140 e. The van der Waals surface area contributed by atoms with Crippen LogP contribution in [-0.4, -0.2) is 35.0 Å². The van der Waals surface area contributed by atoms with Gasteiger partial charge in [0.1, 0.15) is 11.9 Å². The van der Waals surface area contributed by atoms with E-state index in [0.717, 1.165) is 0 Å². The molecular weight excluding hydrogens is 253 g/mol. The number of hydrogen-bond acceptors (Lipinski definition) is 4. The number of likely N-dealkylation sites (N-methyl/N-ethyl adjacent to an activating group) is 1. The number of phenolic OH excluding ortho intramolecular Hbond substituents is 1. The number of nitrogens with one attached hydrogen (secondary N) is 1. The Morgan fingerprint density at radius 1 is 1.31 bits per heavy atom. The minimum atomic E-state index is -1.25. The number of halogens is 2. The fourth-order valence-corrected chi connectivity index (χ4v) is 1.85. The first-order chi connectivity index (χ1) is 7.47. The van der Waals surface area contributed by atoms with Crippen molar-refractivity contribution in [1.29, 1.82) is 0 Å². The van der Waals surface area contributed by atoms with Crippen LogP contribution in [0.1, 0.15) is 11.7 Å². The lowest BCUT2D eigenvalue weighted by molar-refractivity contribution is 0.0189. The summed E-state index contributed by atoms with van der Waals surface area (Å²) < 4.78 is 0. The highest BCUT2D eigenvalue weighted by Gasteiger charge is 2.22. The molecule has 2 unspecified atom stereocenters. The number of hydrogen-bond donors (Lipinski definition) is 4. The zero-order valence-corrected chi connectivity index (χ0v) is 10.1. The topological polar surface area (TPSA) is 72.7 Å². The second-order valence-corrected chi connectivity index (χ2v) is 4.24. The number of aliphatic hydroxyl groups is 2. The van der Waals surface area contributed by atoms with Gasteiger partial charge in [0.15, 0.2) is 0 Å². The number of aromatic hydroxyl groups is 1. The normalized spacial score (nSPS) is 14.8. The molecule has 4 N–H and O–H groups in total. The molecule has 1 aromatic rings. The molecule has 0 heterocycles. The van der Waals surface area contributed by atoms with Crippen LogP contribution in [0.2, 0.25) is 10.0 Å². The lowest BCUT2D eigenvalue weighted by Gasteiger charge is -2.19. The van der Waals surface area contributed by atoms with E-state index in [1.54, 1.807) is 7.05 Å². The van der Waals surface area contributed by atoms with Crippen LogP contribution in [0.15, 0.2) is 12.1 Å². The van der Waals surface area contributed by atoms with Gasteiger partial charge in [-0.1, -0.05) is 23.2 Å². The highest BCUT2D eigenvalue weighted by atomic mass is 35.5. The van der Waals surface area contributed by atoms with Crippen molar-refractivity contribution in [2.24, 2.45) is 0 Å². The van der Waals surface area contributed by atoms with E-state index in [4.69, 9.17) is 23.2 Å². The van der Waals surface area contributed by atoms with Crippen LogP contribution < -0.4 is 5.32 Å². The van der Waals surface area contributed by atoms with Crippen LogP contribution >= 0.6 is 23.2 Å². The Balaban J connectivity index is 3.03. The molecule has 90 valence electrons. The largest absolute Gasteiger partial charge is 0.506 e. The molecular formula is C10H13Cl2NO3. The Morgan fingerprint density at radius 2 is 1.94 bits per heavy atom. The van der Waals surface area contributed by atoms with Gasteiger partial charge in [0.25, 0.3) is 0 Å². The van der Waals surface area contributed by atoms with E-state index in [1.165, 1.54) is 12.1 Å². The van der Waals surface area contributed by atoms with Gasteiger partial charge in [-0.05, 0) is 19.2 Å². The summed E-state index contributed by atoms with van der Waals surface area (Å²) in [6.45, 7) is 0.185. The molecule has 0 aliphatic rings. The average molecular weight is 266 g/mol. The summed E-state index contributed by atoms with van der Waals surface area (Å²) in [4.78, 5) is 0. The number of aliphatic hydroxyl groups excluding tert-OH is 2. The first-order valence-corrected chi connectivity index (χ1v) is 5.41. The monoisotopic (exact) mass is 265 g/mol. The highest BCUT2D eigenvalue weighted by molar-refractivity contribution is 6.35. The van der Waals surface area contributed by atoms with Crippen molar-refractivity contribution in [2.45, 2.75) is 12.2 Å². The van der Waals surface area contributed by atoms with Crippen LogP contribution in [-0.2, 0) is 0 Å². The van der Waals surface area contributed by atoms with Gasteiger partial charge in [-0.3, -0.25) is 0 Å². The predicted molar refractivity (Wildman–Crippen MR) is 63.0 cm³/mol. The van der Waals surface area contributed by atoms with Gasteiger partial charge in [-0.15, -0.1) is 0 Å². The molecule has 1 rings (SSSR count). The van der Waals surface area contributed by atoms with E-state index >= 15 is 0 Å². The third kappa shape index (κ3) is 2.99. The van der Waals surface area contributed by atoms with Crippen molar-refractivity contribution in [1.82, 2.24) is 5.32 Å². The molecule has 6 heteroatoms. The maximum absolute atomic E-state index is 9.78. The smallest absolute Gasteiger partial charge is 0.140 e. The van der Waals surface area contributed by atoms with Crippen molar-refractivity contribution < 1.29 is 15.3 Å². The van der Waals surface area contributed by atoms with Gasteiger partial charge in [0.05, 0.1) is 11.1 Å². The summed E-state index contributed by atoms with van der Waals surface area (Å²) in [5, 5.41) is 32.0. The fraction of sp³-hybridized carbons (Fsp3) is 0.400. The molecule has 0 aliphatic carbocycles. The molecule has 0 aliphatic heterocycles. The second-order valence-electron chi connectivity index (χ2n) is 3.40. The maximum atomic E-state index is 9.78. The molecule has 0 saturated carbocycles. The molecule has 0 amide bonds. The Kier molecular flexibility index (Phi) is 4.83. The minimum Gasteiger partial charge on any atom is -0.506 e. The quantitative estimate of drug-likeness (QED) is 0.663. The highest BCUT2D eigenvalue weighted by Crippen LogP contribution is 2.35. The number of phenols is 1. The van der Waals surface area contributed by atoms with Crippen molar-refractivity contribution in [3.05, 3.63) is 27.7 Å². The van der Waals surface area contributed by atoms with E-state index in [9.17, 15) is 15.3 Å². The molecule has 0 saturated heterocycles. The zero-order chi connectivity index (χ0) is 12.3. The lowest BCUT2D eigenvalue weighted by Crippen LogP contribution is -2.29. The molecule has 2 atom stereocenters. The van der Waals surface area contributed by atoms with Gasteiger partial charge in [0, 0.05) is 17.1 Å². The third-order valence-corrected chi connectivity index (χ3v) is 2.66. The summed E-state index contributed by atoms with van der Waals surface area (Å²) in [7, 11) is 1.64. The van der Waals surface area contributed by atoms with Gasteiger partial charge >= 0.3 is 0 Å². The molecule has 4 nitrogen and oxygen atoms in total. The summed E-state index contributed by atoms with van der Waals surface area (Å²) >= 11 is 11.4. The molecule has 0 spiro atoms. The van der Waals surface area contributed by atoms with E-state index in [1.807, 2.05) is 0 Å². The van der Waals surface area contributed by atoms with Gasteiger partial charge in [0.2, 0.25) is 0 Å². The summed E-state index contributed by atoms with van der Waals surface area (Å²) in [6.07, 6.45) is -2.30. The van der Waals surface area contributed by atoms with Crippen molar-refractivity contribution in [3.8, 4) is 5.75 Å². The molecule has 0 aromatic heterocycles. The Bertz CT molecular complexity index is 373. The summed E-state index contributed by atoms with van der Waals surface area (Å²) in [5.41, 5.74) is 0.111.